The summed E-state index contributed by atoms with van der Waals surface area (Å²) < 4.78 is 0. The van der Waals surface area contributed by atoms with Gasteiger partial charge in [0.1, 0.15) is 29.9 Å². The second-order valence-electron chi connectivity index (χ2n) is 14.9. The van der Waals surface area contributed by atoms with Crippen LogP contribution < -0.4 is 21.3 Å². The number of ketones is 1. The highest BCUT2D eigenvalue weighted by atomic mass is 16.4. The van der Waals surface area contributed by atoms with E-state index in [1.165, 1.54) is 18.6 Å². The lowest BCUT2D eigenvalue weighted by molar-refractivity contribution is -0.147. The fourth-order valence-corrected chi connectivity index (χ4v) is 7.36. The van der Waals surface area contributed by atoms with E-state index in [9.17, 15) is 38.7 Å². The van der Waals surface area contributed by atoms with Crippen molar-refractivity contribution in [2.75, 3.05) is 0 Å². The van der Waals surface area contributed by atoms with Gasteiger partial charge in [0.15, 0.2) is 0 Å². The van der Waals surface area contributed by atoms with Gasteiger partial charge in [-0.1, -0.05) is 84.2 Å². The summed E-state index contributed by atoms with van der Waals surface area (Å²) in [4.78, 5) is 103. The minimum Gasteiger partial charge on any atom is -0.480 e. The van der Waals surface area contributed by atoms with Crippen molar-refractivity contribution in [3.63, 3.8) is 0 Å². The van der Waals surface area contributed by atoms with Crippen LogP contribution in [0.5, 0.6) is 0 Å². The molecule has 2 heterocycles. The van der Waals surface area contributed by atoms with Gasteiger partial charge in [-0.25, -0.2) is 9.78 Å². The first-order valence-electron chi connectivity index (χ1n) is 18.8. The predicted octanol–water partition coefficient (Wildman–Crippen LogP) is 2.20. The average molecular weight is 748 g/mol. The van der Waals surface area contributed by atoms with Crippen LogP contribution in [-0.2, 0) is 35.2 Å². The van der Waals surface area contributed by atoms with E-state index < -0.39 is 77.4 Å². The van der Waals surface area contributed by atoms with Crippen molar-refractivity contribution in [1.29, 1.82) is 0 Å². The number of hydrogen-bond acceptors (Lipinski definition) is 9. The number of benzene rings is 1. The molecule has 0 radical (unpaired) electrons. The molecule has 1 aromatic heterocycles. The number of nitrogens with zero attached hydrogens (tertiary/aromatic N) is 3. The highest BCUT2D eigenvalue weighted by Gasteiger charge is 2.50. The van der Waals surface area contributed by atoms with Crippen molar-refractivity contribution in [3.05, 3.63) is 60.2 Å². The van der Waals surface area contributed by atoms with E-state index in [1.807, 2.05) is 0 Å². The Labute approximate surface area is 315 Å². The molecular weight excluding hydrogens is 694 g/mol. The lowest BCUT2D eigenvalue weighted by Gasteiger charge is -2.37. The molecule has 1 saturated carbocycles. The van der Waals surface area contributed by atoms with Crippen molar-refractivity contribution in [2.24, 2.45) is 17.8 Å². The van der Waals surface area contributed by atoms with Gasteiger partial charge in [-0.15, -0.1) is 0 Å². The molecule has 0 bridgehead atoms. The van der Waals surface area contributed by atoms with Gasteiger partial charge in [-0.2, -0.15) is 0 Å². The number of amides is 5. The number of likely N-dealkylation sites (tertiary alicyclic amines) is 1. The van der Waals surface area contributed by atoms with E-state index in [2.05, 4.69) is 31.2 Å². The van der Waals surface area contributed by atoms with Crippen LogP contribution in [0.15, 0.2) is 48.9 Å². The zero-order chi connectivity index (χ0) is 39.5. The molecule has 4 rings (SSSR count). The molecule has 5 amide bonds. The van der Waals surface area contributed by atoms with E-state index >= 15 is 0 Å². The first kappa shape index (κ1) is 41.5. The van der Waals surface area contributed by atoms with Crippen molar-refractivity contribution < 1.29 is 38.7 Å². The van der Waals surface area contributed by atoms with Crippen LogP contribution in [0.4, 0.5) is 0 Å². The first-order valence-corrected chi connectivity index (χ1v) is 18.8. The van der Waals surface area contributed by atoms with E-state index in [0.29, 0.717) is 24.8 Å². The summed E-state index contributed by atoms with van der Waals surface area (Å²) in [6, 6.07) is 2.78. The summed E-state index contributed by atoms with van der Waals surface area (Å²) in [5.41, 5.74) is 0.693. The molecule has 15 heteroatoms. The lowest BCUT2D eigenvalue weighted by Crippen LogP contribution is -2.61. The third-order valence-electron chi connectivity index (χ3n) is 10.2. The Morgan fingerprint density at radius 2 is 1.54 bits per heavy atom. The molecule has 5 N–H and O–H groups in total. The van der Waals surface area contributed by atoms with Crippen LogP contribution in [0.25, 0.3) is 0 Å². The van der Waals surface area contributed by atoms with E-state index in [-0.39, 0.29) is 36.4 Å². The van der Waals surface area contributed by atoms with Gasteiger partial charge in [-0.05, 0) is 49.0 Å². The molecule has 2 aliphatic rings. The second kappa shape index (κ2) is 19.2. The normalized spacial score (nSPS) is 20.2. The molecule has 292 valence electrons. The molecule has 2 fully saturated rings. The Morgan fingerprint density at radius 1 is 0.852 bits per heavy atom. The van der Waals surface area contributed by atoms with Crippen LogP contribution in [-0.4, -0.2) is 97.5 Å². The number of aromatic nitrogens is 2. The average Bonchev–Trinajstić information content (AvgIpc) is 3.55. The van der Waals surface area contributed by atoms with Crippen LogP contribution in [0.2, 0.25) is 0 Å². The second-order valence-corrected chi connectivity index (χ2v) is 14.9. The van der Waals surface area contributed by atoms with Gasteiger partial charge in [0.05, 0.1) is 12.2 Å². The van der Waals surface area contributed by atoms with E-state index in [4.69, 9.17) is 0 Å². The molecular formula is C39H53N7O8. The summed E-state index contributed by atoms with van der Waals surface area (Å²) in [5.74, 6) is -6.34. The molecule has 2 aromatic rings. The third-order valence-corrected chi connectivity index (χ3v) is 10.2. The highest BCUT2D eigenvalue weighted by molar-refractivity contribution is 6.38. The Kier molecular flexibility index (Phi) is 14.8. The molecule has 1 aromatic carbocycles. The quantitative estimate of drug-likeness (QED) is 0.149. The largest absolute Gasteiger partial charge is 0.480 e. The van der Waals surface area contributed by atoms with Crippen LogP contribution in [0, 0.1) is 17.8 Å². The Bertz CT molecular complexity index is 1650. The summed E-state index contributed by atoms with van der Waals surface area (Å²) in [6.07, 6.45) is 8.19. The zero-order valence-corrected chi connectivity index (χ0v) is 31.6. The standard InChI is InChI=1S/C39H53N7O8/c1-6-12-26(33(47)37(51)43-27(39(53)54)19-24-13-8-7-9-14-24)42-35(49)30-20-25-15-10-11-16-29(25)46(30)38(52)32(23(4)5)45-36(50)31(22(2)3)44-34(48)28-21-40-17-18-41-28/h7-9,13-14,17-18,21-23,25-27,29-32H,6,10-12,15-16,19-20H2,1-5H3,(H,42,49)(H,43,51)(H,44,48)(H,45,50)(H,53,54)/t25-,26?,27-,29-,30+,31-,32-/m0/s1. The highest BCUT2D eigenvalue weighted by Crippen LogP contribution is 2.40. The fraction of sp³-hybridized carbons (Fsp3) is 0.564. The SMILES string of the molecule is CCCC(NC(=O)[C@H]1C[C@@H]2CCCC[C@@H]2N1C(=O)[C@@H](NC(=O)[C@@H](NC(=O)c1cnccn1)C(C)C)C(C)C)C(=O)C(=O)N[C@@H](Cc1ccccc1)C(=O)O. The van der Waals surface area contributed by atoms with Crippen molar-refractivity contribution in [2.45, 2.75) is 122 Å². The Hall–Kier alpha value is -5.21. The summed E-state index contributed by atoms with van der Waals surface area (Å²) >= 11 is 0. The molecule has 0 spiro atoms. The maximum absolute atomic E-state index is 14.6. The minimum atomic E-state index is -1.37. The van der Waals surface area contributed by atoms with Crippen LogP contribution in [0.1, 0.15) is 95.6 Å². The van der Waals surface area contributed by atoms with Crippen LogP contribution >= 0.6 is 0 Å². The number of hydrogen-bond donors (Lipinski definition) is 5. The number of fused-ring (bicyclic) bond motifs is 1. The number of aliphatic carboxylic acids is 1. The van der Waals surface area contributed by atoms with Gasteiger partial charge in [0.25, 0.3) is 11.8 Å². The maximum Gasteiger partial charge on any atom is 0.326 e. The van der Waals surface area contributed by atoms with Gasteiger partial charge >= 0.3 is 5.97 Å². The molecule has 54 heavy (non-hydrogen) atoms. The van der Waals surface area contributed by atoms with E-state index in [1.54, 1.807) is 69.9 Å². The Morgan fingerprint density at radius 3 is 2.15 bits per heavy atom. The van der Waals surface area contributed by atoms with Crippen molar-refractivity contribution in [1.82, 2.24) is 36.1 Å². The Balaban J connectivity index is 1.52. The fourth-order valence-electron chi connectivity index (χ4n) is 7.36. The van der Waals surface area contributed by atoms with Gasteiger partial charge in [0, 0.05) is 24.9 Å². The number of nitrogens with one attached hydrogen (secondary N) is 4. The summed E-state index contributed by atoms with van der Waals surface area (Å²) in [7, 11) is 0. The number of Topliss-reactive ketones (excluding diaryl/α,β-unsaturated/α-hetero) is 1. The van der Waals surface area contributed by atoms with Gasteiger partial charge < -0.3 is 31.3 Å². The number of carboxylic acids is 1. The summed E-state index contributed by atoms with van der Waals surface area (Å²) in [6.45, 7) is 8.88. The predicted molar refractivity (Wildman–Crippen MR) is 197 cm³/mol. The van der Waals surface area contributed by atoms with Gasteiger partial charge in [0.2, 0.25) is 23.5 Å². The third kappa shape index (κ3) is 10.5. The smallest absolute Gasteiger partial charge is 0.326 e. The number of carbonyl (C=O) groups is 7. The minimum absolute atomic E-state index is 0.0228. The summed E-state index contributed by atoms with van der Waals surface area (Å²) in [5, 5.41) is 20.4. The molecule has 1 unspecified atom stereocenters. The molecule has 15 nitrogen and oxygen atoms in total. The first-order chi connectivity index (χ1) is 25.7. The van der Waals surface area contributed by atoms with E-state index in [0.717, 1.165) is 19.3 Å². The molecule has 1 saturated heterocycles. The molecule has 1 aliphatic carbocycles. The lowest BCUT2D eigenvalue weighted by atomic mass is 9.84. The topological polar surface area (TPSA) is 217 Å². The molecule has 7 atom stereocenters. The van der Waals surface area contributed by atoms with Crippen molar-refractivity contribution in [3.8, 4) is 0 Å². The monoisotopic (exact) mass is 747 g/mol. The number of rotatable bonds is 17. The maximum atomic E-state index is 14.6. The number of carboxylic acid groups (broad SMARTS) is 1. The zero-order valence-electron chi connectivity index (χ0n) is 31.6. The van der Waals surface area contributed by atoms with Gasteiger partial charge in [-0.3, -0.25) is 33.8 Å². The number of carbonyl (C=O) groups excluding carboxylic acids is 6. The molecule has 1 aliphatic heterocycles. The van der Waals surface area contributed by atoms with Crippen molar-refractivity contribution >= 4 is 41.3 Å². The van der Waals surface area contributed by atoms with Crippen LogP contribution in [0.3, 0.4) is 0 Å².